The maximum absolute atomic E-state index is 10.5. The number of aromatic nitrogens is 4. The number of aryl methyl sites for hydroxylation is 2. The van der Waals surface area contributed by atoms with Gasteiger partial charge in [0.1, 0.15) is 12.4 Å². The minimum absolute atomic E-state index is 0.00143. The van der Waals surface area contributed by atoms with Crippen molar-refractivity contribution in [1.29, 1.82) is 0 Å². The fraction of sp³-hybridized carbons (Fsp3) is 0.333. The van der Waals surface area contributed by atoms with Crippen molar-refractivity contribution in [2.45, 2.75) is 13.5 Å². The predicted molar refractivity (Wildman–Crippen MR) is 55.9 cm³/mol. The van der Waals surface area contributed by atoms with Crippen molar-refractivity contribution in [3.05, 3.63) is 40.0 Å². The smallest absolute Gasteiger partial charge is 0.275 e. The Morgan fingerprint density at radius 2 is 2.25 bits per heavy atom. The van der Waals surface area contributed by atoms with Gasteiger partial charge in [-0.25, -0.2) is 0 Å². The zero-order valence-electron chi connectivity index (χ0n) is 8.99. The van der Waals surface area contributed by atoms with E-state index in [9.17, 15) is 10.1 Å². The number of hydrogen-bond donors (Lipinski definition) is 0. The van der Waals surface area contributed by atoms with Gasteiger partial charge in [-0.15, -0.1) is 0 Å². The van der Waals surface area contributed by atoms with E-state index in [2.05, 4.69) is 10.2 Å². The fourth-order valence-corrected chi connectivity index (χ4v) is 1.51. The molecule has 0 radical (unpaired) electrons. The third kappa shape index (κ3) is 1.92. The van der Waals surface area contributed by atoms with Crippen LogP contribution in [0.15, 0.2) is 18.6 Å². The van der Waals surface area contributed by atoms with Crippen LogP contribution < -0.4 is 0 Å². The molecule has 16 heavy (non-hydrogen) atoms. The summed E-state index contributed by atoms with van der Waals surface area (Å²) in [6.45, 7) is 2.39. The monoisotopic (exact) mass is 221 g/mol. The lowest BCUT2D eigenvalue weighted by molar-refractivity contribution is -0.385. The largest absolute Gasteiger partial charge is 0.307 e. The molecule has 2 heterocycles. The molecule has 0 aliphatic heterocycles. The van der Waals surface area contributed by atoms with Gasteiger partial charge in [-0.2, -0.15) is 10.2 Å². The van der Waals surface area contributed by atoms with E-state index in [1.807, 2.05) is 20.2 Å². The second kappa shape index (κ2) is 3.76. The maximum atomic E-state index is 10.5. The standard InChI is InChI=1S/C9H11N5O2/c1-7-8(4-12(2)11-7)5-13-6-9(3-10-13)14(15)16/h3-4,6H,5H2,1-2H3. The van der Waals surface area contributed by atoms with Crippen molar-refractivity contribution < 1.29 is 4.92 Å². The zero-order chi connectivity index (χ0) is 11.7. The highest BCUT2D eigenvalue weighted by Gasteiger charge is 2.10. The molecule has 0 unspecified atom stereocenters. The molecule has 0 N–H and O–H groups in total. The lowest BCUT2D eigenvalue weighted by Crippen LogP contribution is -2.00. The molecule has 0 spiro atoms. The summed E-state index contributed by atoms with van der Waals surface area (Å²) < 4.78 is 3.24. The average Bonchev–Trinajstić information content (AvgIpc) is 2.75. The molecule has 0 amide bonds. The Balaban J connectivity index is 2.20. The van der Waals surface area contributed by atoms with E-state index in [1.165, 1.54) is 17.1 Å². The van der Waals surface area contributed by atoms with Crippen LogP contribution in [-0.2, 0) is 13.6 Å². The Kier molecular flexibility index (Phi) is 2.43. The highest BCUT2D eigenvalue weighted by atomic mass is 16.6. The van der Waals surface area contributed by atoms with Crippen LogP contribution >= 0.6 is 0 Å². The Hall–Kier alpha value is -2.18. The molecule has 2 rings (SSSR count). The third-order valence-corrected chi connectivity index (χ3v) is 2.28. The van der Waals surface area contributed by atoms with E-state index in [0.29, 0.717) is 6.54 Å². The lowest BCUT2D eigenvalue weighted by Gasteiger charge is -1.97. The molecule has 7 heteroatoms. The summed E-state index contributed by atoms with van der Waals surface area (Å²) >= 11 is 0. The Morgan fingerprint density at radius 1 is 1.50 bits per heavy atom. The van der Waals surface area contributed by atoms with Crippen LogP contribution in [0.4, 0.5) is 5.69 Å². The molecule has 0 atom stereocenters. The lowest BCUT2D eigenvalue weighted by atomic mass is 10.3. The van der Waals surface area contributed by atoms with Gasteiger partial charge in [0.05, 0.1) is 17.2 Å². The Bertz CT molecular complexity index is 528. The van der Waals surface area contributed by atoms with Crippen molar-refractivity contribution in [2.24, 2.45) is 7.05 Å². The van der Waals surface area contributed by atoms with Crippen LogP contribution in [0.5, 0.6) is 0 Å². The van der Waals surface area contributed by atoms with Gasteiger partial charge >= 0.3 is 5.69 Å². The minimum atomic E-state index is -0.459. The number of rotatable bonds is 3. The maximum Gasteiger partial charge on any atom is 0.307 e. The quantitative estimate of drug-likeness (QED) is 0.569. The molecule has 0 aliphatic carbocycles. The van der Waals surface area contributed by atoms with Crippen molar-refractivity contribution in [3.8, 4) is 0 Å². The highest BCUT2D eigenvalue weighted by Crippen LogP contribution is 2.11. The molecule has 84 valence electrons. The second-order valence-electron chi connectivity index (χ2n) is 3.57. The van der Waals surface area contributed by atoms with E-state index in [4.69, 9.17) is 0 Å². The Morgan fingerprint density at radius 3 is 2.75 bits per heavy atom. The van der Waals surface area contributed by atoms with E-state index in [-0.39, 0.29) is 5.69 Å². The Labute approximate surface area is 91.5 Å². The molecule has 2 aromatic heterocycles. The van der Waals surface area contributed by atoms with Crippen LogP contribution in [0.1, 0.15) is 11.3 Å². The predicted octanol–water partition coefficient (Wildman–Crippen LogP) is 0.882. The first-order valence-corrected chi connectivity index (χ1v) is 4.72. The molecule has 7 nitrogen and oxygen atoms in total. The van der Waals surface area contributed by atoms with Crippen LogP contribution in [0.2, 0.25) is 0 Å². The van der Waals surface area contributed by atoms with Gasteiger partial charge in [0.25, 0.3) is 0 Å². The van der Waals surface area contributed by atoms with E-state index >= 15 is 0 Å². The van der Waals surface area contributed by atoms with Crippen molar-refractivity contribution in [1.82, 2.24) is 19.6 Å². The van der Waals surface area contributed by atoms with E-state index in [1.54, 1.807) is 4.68 Å². The SMILES string of the molecule is Cc1nn(C)cc1Cn1cc([N+](=O)[O-])cn1. The van der Waals surface area contributed by atoms with Crippen LogP contribution in [0.3, 0.4) is 0 Å². The van der Waals surface area contributed by atoms with Gasteiger partial charge in [0.2, 0.25) is 0 Å². The molecule has 0 bridgehead atoms. The van der Waals surface area contributed by atoms with E-state index in [0.717, 1.165) is 11.3 Å². The minimum Gasteiger partial charge on any atom is -0.275 e. The molecular formula is C9H11N5O2. The fourth-order valence-electron chi connectivity index (χ4n) is 1.51. The molecule has 2 aromatic rings. The zero-order valence-corrected chi connectivity index (χ0v) is 8.99. The summed E-state index contributed by atoms with van der Waals surface area (Å²) in [5, 5.41) is 18.6. The normalized spacial score (nSPS) is 10.6. The molecule has 0 saturated heterocycles. The second-order valence-corrected chi connectivity index (χ2v) is 3.57. The average molecular weight is 221 g/mol. The third-order valence-electron chi connectivity index (χ3n) is 2.28. The van der Waals surface area contributed by atoms with Gasteiger partial charge in [0.15, 0.2) is 0 Å². The first-order valence-electron chi connectivity index (χ1n) is 4.72. The summed E-state index contributed by atoms with van der Waals surface area (Å²) in [6, 6.07) is 0. The highest BCUT2D eigenvalue weighted by molar-refractivity contribution is 5.22. The van der Waals surface area contributed by atoms with E-state index < -0.39 is 4.92 Å². The number of nitrogens with zero attached hydrogens (tertiary/aromatic N) is 5. The topological polar surface area (TPSA) is 78.8 Å². The summed E-state index contributed by atoms with van der Waals surface area (Å²) in [6.07, 6.45) is 4.53. The molecule has 0 aliphatic rings. The van der Waals surface area contributed by atoms with Gasteiger partial charge in [0, 0.05) is 18.8 Å². The number of hydrogen-bond acceptors (Lipinski definition) is 4. The molecule has 0 aromatic carbocycles. The first kappa shape index (κ1) is 10.3. The van der Waals surface area contributed by atoms with Gasteiger partial charge in [-0.3, -0.25) is 19.5 Å². The first-order chi connectivity index (χ1) is 7.56. The summed E-state index contributed by atoms with van der Waals surface area (Å²) in [5.41, 5.74) is 1.91. The summed E-state index contributed by atoms with van der Waals surface area (Å²) in [4.78, 5) is 10.0. The molecular weight excluding hydrogens is 210 g/mol. The molecule has 0 fully saturated rings. The summed E-state index contributed by atoms with van der Waals surface area (Å²) in [7, 11) is 1.84. The number of nitro groups is 1. The van der Waals surface area contributed by atoms with Gasteiger partial charge < -0.3 is 0 Å². The summed E-state index contributed by atoms with van der Waals surface area (Å²) in [5.74, 6) is 0. The van der Waals surface area contributed by atoms with Gasteiger partial charge in [-0.1, -0.05) is 0 Å². The van der Waals surface area contributed by atoms with Crippen molar-refractivity contribution >= 4 is 5.69 Å². The van der Waals surface area contributed by atoms with Crippen molar-refractivity contribution in [3.63, 3.8) is 0 Å². The van der Waals surface area contributed by atoms with Gasteiger partial charge in [-0.05, 0) is 6.92 Å². The molecule has 0 saturated carbocycles. The van der Waals surface area contributed by atoms with Crippen LogP contribution in [0.25, 0.3) is 0 Å². The van der Waals surface area contributed by atoms with Crippen LogP contribution in [-0.4, -0.2) is 24.5 Å². The van der Waals surface area contributed by atoms with Crippen molar-refractivity contribution in [2.75, 3.05) is 0 Å². The van der Waals surface area contributed by atoms with Crippen LogP contribution in [0, 0.1) is 17.0 Å².